The van der Waals surface area contributed by atoms with Crippen molar-refractivity contribution in [3.05, 3.63) is 60.7 Å². The molecule has 2 unspecified atom stereocenters. The van der Waals surface area contributed by atoms with Gasteiger partial charge in [0.05, 0.1) is 39.6 Å². The van der Waals surface area contributed by atoms with Gasteiger partial charge in [-0.3, -0.25) is 9.59 Å². The first-order valence-electron chi connectivity index (χ1n) is 12.3. The van der Waals surface area contributed by atoms with Crippen molar-refractivity contribution in [1.29, 1.82) is 0 Å². The Labute approximate surface area is 207 Å². The molecule has 35 heavy (non-hydrogen) atoms. The Hall–Kier alpha value is -2.82. The average Bonchev–Trinajstić information content (AvgIpc) is 2.86. The lowest BCUT2D eigenvalue weighted by atomic mass is 10.3. The minimum absolute atomic E-state index is 0.0347. The van der Waals surface area contributed by atoms with Crippen LogP contribution >= 0.6 is 0 Å². The van der Waals surface area contributed by atoms with Crippen molar-refractivity contribution in [2.45, 2.75) is 0 Å². The van der Waals surface area contributed by atoms with Crippen LogP contribution in [0.25, 0.3) is 0 Å². The van der Waals surface area contributed by atoms with Crippen LogP contribution in [0.1, 0.15) is 0 Å². The number of carbonyl (C=O) groups excluding carboxylic acids is 2. The highest BCUT2D eigenvalue weighted by Gasteiger charge is 2.17. The molecule has 0 aliphatic carbocycles. The summed E-state index contributed by atoms with van der Waals surface area (Å²) in [5.74, 6) is -0.0694. The number of hydrogen-bond donors (Lipinski definition) is 4. The molecule has 190 valence electrons. The van der Waals surface area contributed by atoms with Crippen molar-refractivity contribution in [2.24, 2.45) is 0 Å². The number of ether oxygens (including phenoxy) is 3. The van der Waals surface area contributed by atoms with Gasteiger partial charge >= 0.3 is 0 Å². The minimum atomic E-state index is -0.0347. The molecule has 2 aromatic carbocycles. The van der Waals surface area contributed by atoms with E-state index in [1.54, 1.807) is 0 Å². The Morgan fingerprint density at radius 2 is 0.914 bits per heavy atom. The molecule has 2 aromatic rings. The van der Waals surface area contributed by atoms with Gasteiger partial charge in [0, 0.05) is 11.4 Å². The van der Waals surface area contributed by atoms with Crippen molar-refractivity contribution in [1.82, 2.24) is 0 Å². The van der Waals surface area contributed by atoms with E-state index in [-0.39, 0.29) is 11.8 Å². The Bertz CT molecular complexity index is 797. The number of anilines is 2. The third kappa shape index (κ3) is 11.4. The van der Waals surface area contributed by atoms with Gasteiger partial charge in [0.2, 0.25) is 0 Å². The highest BCUT2D eigenvalue weighted by molar-refractivity contribution is 5.91. The number of para-hydroxylation sites is 2. The predicted molar refractivity (Wildman–Crippen MR) is 134 cm³/mol. The van der Waals surface area contributed by atoms with E-state index in [0.29, 0.717) is 78.9 Å². The summed E-state index contributed by atoms with van der Waals surface area (Å²) in [4.78, 5) is 27.2. The second-order valence-corrected chi connectivity index (χ2v) is 8.52. The normalized spacial score (nSPS) is 20.7. The Balaban J connectivity index is 1.45. The fraction of sp³-hybridized carbons (Fsp3) is 0.462. The van der Waals surface area contributed by atoms with Crippen LogP contribution in [-0.2, 0) is 23.8 Å². The highest BCUT2D eigenvalue weighted by atomic mass is 16.5. The van der Waals surface area contributed by atoms with Gasteiger partial charge in [0.25, 0.3) is 11.8 Å². The van der Waals surface area contributed by atoms with Crippen LogP contribution in [0.5, 0.6) is 0 Å². The first kappa shape index (κ1) is 26.8. The molecule has 4 N–H and O–H groups in total. The summed E-state index contributed by atoms with van der Waals surface area (Å²) in [7, 11) is 0. The third-order valence-corrected chi connectivity index (χ3v) is 5.71. The Kier molecular flexibility index (Phi) is 12.2. The number of carbonyl (C=O) groups is 2. The Morgan fingerprint density at radius 1 is 0.571 bits per heavy atom. The smallest absolute Gasteiger partial charge is 0.279 e. The van der Waals surface area contributed by atoms with E-state index >= 15 is 0 Å². The average molecular weight is 487 g/mol. The van der Waals surface area contributed by atoms with E-state index in [0.717, 1.165) is 21.2 Å². The minimum Gasteiger partial charge on any atom is -0.373 e. The lowest BCUT2D eigenvalue weighted by molar-refractivity contribution is -0.896. The largest absolute Gasteiger partial charge is 0.373 e. The van der Waals surface area contributed by atoms with Crippen molar-refractivity contribution < 1.29 is 33.6 Å². The second kappa shape index (κ2) is 16.0. The quantitative estimate of drug-likeness (QED) is 0.425. The molecule has 9 heteroatoms. The van der Waals surface area contributed by atoms with Crippen molar-refractivity contribution >= 4 is 23.2 Å². The molecule has 2 amide bonds. The van der Waals surface area contributed by atoms with Gasteiger partial charge in [-0.1, -0.05) is 36.4 Å². The number of hydrogen-bond acceptors (Lipinski definition) is 5. The number of nitrogens with one attached hydrogen (secondary N) is 4. The summed E-state index contributed by atoms with van der Waals surface area (Å²) in [6.45, 7) is 6.69. The van der Waals surface area contributed by atoms with Gasteiger partial charge in [0.1, 0.15) is 26.2 Å². The van der Waals surface area contributed by atoms with E-state index in [2.05, 4.69) is 10.6 Å². The maximum Gasteiger partial charge on any atom is 0.279 e. The lowest BCUT2D eigenvalue weighted by Crippen LogP contribution is -3.14. The van der Waals surface area contributed by atoms with E-state index in [1.165, 1.54) is 0 Å². The molecule has 0 spiro atoms. The monoisotopic (exact) mass is 486 g/mol. The van der Waals surface area contributed by atoms with Crippen LogP contribution in [0.2, 0.25) is 0 Å². The zero-order chi connectivity index (χ0) is 24.6. The van der Waals surface area contributed by atoms with Gasteiger partial charge in [-0.25, -0.2) is 0 Å². The van der Waals surface area contributed by atoms with Gasteiger partial charge in [-0.05, 0) is 24.3 Å². The van der Waals surface area contributed by atoms with Crippen molar-refractivity contribution in [2.75, 3.05) is 89.5 Å². The molecule has 0 saturated carbocycles. The number of amides is 2. The number of benzene rings is 2. The summed E-state index contributed by atoms with van der Waals surface area (Å²) in [6.07, 6.45) is 0. The van der Waals surface area contributed by atoms with E-state index in [9.17, 15) is 9.59 Å². The molecular weight excluding hydrogens is 448 g/mol. The maximum absolute atomic E-state index is 12.5. The molecule has 1 heterocycles. The predicted octanol–water partition coefficient (Wildman–Crippen LogP) is -0.903. The molecule has 3 rings (SSSR count). The SMILES string of the molecule is O=C(C[NH+]1CCOCCOCC[NH+](CC(=O)Nc2ccccc2)CCOCC1)Nc1ccccc1. The van der Waals surface area contributed by atoms with E-state index < -0.39 is 0 Å². The van der Waals surface area contributed by atoms with Crippen LogP contribution in [0.4, 0.5) is 11.4 Å². The van der Waals surface area contributed by atoms with Crippen molar-refractivity contribution in [3.63, 3.8) is 0 Å². The number of quaternary nitrogens is 2. The zero-order valence-electron chi connectivity index (χ0n) is 20.3. The van der Waals surface area contributed by atoms with Gasteiger partial charge in [0.15, 0.2) is 13.1 Å². The molecule has 0 aromatic heterocycles. The molecular formula is C26H38N4O5+2. The van der Waals surface area contributed by atoms with Gasteiger partial charge < -0.3 is 34.6 Å². The summed E-state index contributed by atoms with van der Waals surface area (Å²) < 4.78 is 17.3. The van der Waals surface area contributed by atoms with Crippen LogP contribution in [0.3, 0.4) is 0 Å². The van der Waals surface area contributed by atoms with Gasteiger partial charge in [-0.15, -0.1) is 0 Å². The highest BCUT2D eigenvalue weighted by Crippen LogP contribution is 2.04. The van der Waals surface area contributed by atoms with E-state index in [4.69, 9.17) is 14.2 Å². The van der Waals surface area contributed by atoms with Crippen LogP contribution in [-0.4, -0.2) is 90.7 Å². The molecule has 0 bridgehead atoms. The van der Waals surface area contributed by atoms with E-state index in [1.807, 2.05) is 60.7 Å². The van der Waals surface area contributed by atoms with Crippen LogP contribution < -0.4 is 20.4 Å². The summed E-state index contributed by atoms with van der Waals surface area (Å²) in [6, 6.07) is 18.9. The standard InChI is InChI=1S/C26H36N4O5/c31-25(27-23-7-3-1-4-8-23)21-29-11-15-33-16-12-30(14-18-35-20-19-34-17-13-29)22-26(32)28-24-9-5-2-6-10-24/h1-10H,11-22H2,(H,27,31)(H,28,32)/p+2. The summed E-state index contributed by atoms with van der Waals surface area (Å²) >= 11 is 0. The number of rotatable bonds is 6. The molecule has 2 atom stereocenters. The fourth-order valence-corrected chi connectivity index (χ4v) is 3.80. The lowest BCUT2D eigenvalue weighted by Gasteiger charge is -2.20. The summed E-state index contributed by atoms with van der Waals surface area (Å²) in [5.41, 5.74) is 1.58. The zero-order valence-corrected chi connectivity index (χ0v) is 20.3. The molecule has 9 nitrogen and oxygen atoms in total. The van der Waals surface area contributed by atoms with Crippen LogP contribution in [0, 0.1) is 0 Å². The molecule has 1 aliphatic heterocycles. The van der Waals surface area contributed by atoms with Crippen molar-refractivity contribution in [3.8, 4) is 0 Å². The van der Waals surface area contributed by atoms with Crippen LogP contribution in [0.15, 0.2) is 60.7 Å². The molecule has 0 radical (unpaired) electrons. The first-order valence-corrected chi connectivity index (χ1v) is 12.3. The second-order valence-electron chi connectivity index (χ2n) is 8.52. The Morgan fingerprint density at radius 3 is 1.29 bits per heavy atom. The molecule has 1 aliphatic rings. The van der Waals surface area contributed by atoms with Gasteiger partial charge in [-0.2, -0.15) is 0 Å². The molecule has 1 saturated heterocycles. The topological polar surface area (TPSA) is 94.8 Å². The third-order valence-electron chi connectivity index (χ3n) is 5.71. The maximum atomic E-state index is 12.5. The first-order chi connectivity index (χ1) is 17.2. The molecule has 1 fully saturated rings. The summed E-state index contributed by atoms with van der Waals surface area (Å²) in [5, 5.41) is 5.88. The fourth-order valence-electron chi connectivity index (χ4n) is 3.80.